The molecule has 5 rings (SSSR count). The highest BCUT2D eigenvalue weighted by Crippen LogP contribution is 2.30. The zero-order valence-electron chi connectivity index (χ0n) is 18.9. The fraction of sp³-hybridized carbons (Fsp3) is 0.167. The molecule has 3 nitrogen and oxygen atoms in total. The van der Waals surface area contributed by atoms with Crippen molar-refractivity contribution in [3.05, 3.63) is 120 Å². The van der Waals surface area contributed by atoms with Crippen LogP contribution < -0.4 is 0 Å². The summed E-state index contributed by atoms with van der Waals surface area (Å²) in [6.07, 6.45) is 0.408. The van der Waals surface area contributed by atoms with E-state index in [1.54, 1.807) is 0 Å². The smallest absolute Gasteiger partial charge is 0.227 e. The summed E-state index contributed by atoms with van der Waals surface area (Å²) in [6, 6.07) is 35.4. The lowest BCUT2D eigenvalue weighted by atomic mass is 10.1. The normalized spacial score (nSPS) is 11.2. The molecule has 0 N–H and O–H groups in total. The van der Waals surface area contributed by atoms with Gasteiger partial charge in [0.2, 0.25) is 5.91 Å². The van der Waals surface area contributed by atoms with Gasteiger partial charge in [0.1, 0.15) is 0 Å². The summed E-state index contributed by atoms with van der Waals surface area (Å²) < 4.78 is 2.36. The number of hydrogen-bond acceptors (Lipinski definition) is 1. The van der Waals surface area contributed by atoms with Crippen LogP contribution in [0.3, 0.4) is 0 Å². The molecule has 5 aromatic rings. The van der Waals surface area contributed by atoms with Crippen molar-refractivity contribution in [3.63, 3.8) is 0 Å². The van der Waals surface area contributed by atoms with Crippen molar-refractivity contribution in [1.82, 2.24) is 9.47 Å². The van der Waals surface area contributed by atoms with Crippen LogP contribution in [0.4, 0.5) is 0 Å². The predicted octanol–water partition coefficient (Wildman–Crippen LogP) is 6.59. The summed E-state index contributed by atoms with van der Waals surface area (Å²) in [7, 11) is 0. The molecular formula is C30H28N2O. The van der Waals surface area contributed by atoms with Gasteiger partial charge in [-0.2, -0.15) is 0 Å². The quantitative estimate of drug-likeness (QED) is 0.285. The van der Waals surface area contributed by atoms with E-state index < -0.39 is 0 Å². The summed E-state index contributed by atoms with van der Waals surface area (Å²) in [5, 5.41) is 2.52. The topological polar surface area (TPSA) is 25.2 Å². The van der Waals surface area contributed by atoms with E-state index >= 15 is 0 Å². The number of hydrogen-bond donors (Lipinski definition) is 0. The predicted molar refractivity (Wildman–Crippen MR) is 136 cm³/mol. The van der Waals surface area contributed by atoms with Crippen LogP contribution in [0, 0.1) is 0 Å². The second kappa shape index (κ2) is 9.33. The molecule has 0 atom stereocenters. The van der Waals surface area contributed by atoms with E-state index in [0.29, 0.717) is 19.5 Å². The third-order valence-corrected chi connectivity index (χ3v) is 6.29. The molecule has 0 saturated heterocycles. The standard InChI is InChI=1S/C30H28N2O/c1-2-32-28-16-10-9-15-26(28)27-19-25(17-18-29(27)32)22-31(21-24-13-7-4-8-14-24)30(33)20-23-11-5-3-6-12-23/h3-19H,2,20-22H2,1H3. The first kappa shape index (κ1) is 21.0. The van der Waals surface area contributed by atoms with E-state index in [4.69, 9.17) is 0 Å². The fourth-order valence-electron chi connectivity index (χ4n) is 4.68. The van der Waals surface area contributed by atoms with Crippen LogP contribution >= 0.6 is 0 Å². The van der Waals surface area contributed by atoms with Gasteiger partial charge in [-0.25, -0.2) is 0 Å². The lowest BCUT2D eigenvalue weighted by molar-refractivity contribution is -0.131. The second-order valence-electron chi connectivity index (χ2n) is 8.51. The fourth-order valence-corrected chi connectivity index (χ4v) is 4.68. The minimum absolute atomic E-state index is 0.140. The third-order valence-electron chi connectivity index (χ3n) is 6.29. The van der Waals surface area contributed by atoms with Gasteiger partial charge in [-0.1, -0.05) is 84.9 Å². The first-order chi connectivity index (χ1) is 16.2. The van der Waals surface area contributed by atoms with Crippen LogP contribution in [-0.2, 0) is 30.8 Å². The number of aryl methyl sites for hydroxylation is 1. The maximum absolute atomic E-state index is 13.4. The van der Waals surface area contributed by atoms with Crippen LogP contribution in [0.25, 0.3) is 21.8 Å². The zero-order valence-corrected chi connectivity index (χ0v) is 18.9. The molecule has 33 heavy (non-hydrogen) atoms. The van der Waals surface area contributed by atoms with E-state index in [1.165, 1.54) is 21.8 Å². The first-order valence-electron chi connectivity index (χ1n) is 11.6. The van der Waals surface area contributed by atoms with Crippen molar-refractivity contribution in [1.29, 1.82) is 0 Å². The Bertz CT molecular complexity index is 1390. The Hall–Kier alpha value is -3.85. The van der Waals surface area contributed by atoms with Gasteiger partial charge in [0.05, 0.1) is 6.42 Å². The minimum atomic E-state index is 0.140. The second-order valence-corrected chi connectivity index (χ2v) is 8.51. The first-order valence-corrected chi connectivity index (χ1v) is 11.6. The number of amides is 1. The van der Waals surface area contributed by atoms with Gasteiger partial charge in [-0.3, -0.25) is 4.79 Å². The van der Waals surface area contributed by atoms with Crippen molar-refractivity contribution in [2.45, 2.75) is 33.0 Å². The van der Waals surface area contributed by atoms with Crippen molar-refractivity contribution in [3.8, 4) is 0 Å². The number of benzene rings is 4. The van der Waals surface area contributed by atoms with Crippen LogP contribution in [0.15, 0.2) is 103 Å². The average molecular weight is 433 g/mol. The van der Waals surface area contributed by atoms with Crippen molar-refractivity contribution in [2.75, 3.05) is 0 Å². The van der Waals surface area contributed by atoms with Gasteiger partial charge in [0, 0.05) is 41.4 Å². The molecule has 1 heterocycles. The van der Waals surface area contributed by atoms with Crippen molar-refractivity contribution < 1.29 is 4.79 Å². The van der Waals surface area contributed by atoms with Gasteiger partial charge in [0.15, 0.2) is 0 Å². The highest BCUT2D eigenvalue weighted by molar-refractivity contribution is 6.08. The molecule has 0 aliphatic rings. The molecule has 0 aliphatic carbocycles. The number of nitrogens with zero attached hydrogens (tertiary/aromatic N) is 2. The molecule has 164 valence electrons. The summed E-state index contributed by atoms with van der Waals surface area (Å²) in [6.45, 7) is 4.30. The van der Waals surface area contributed by atoms with E-state index in [1.807, 2.05) is 53.4 Å². The Kier molecular flexibility index (Phi) is 5.95. The Labute approximate surface area is 194 Å². The largest absolute Gasteiger partial charge is 0.341 e. The zero-order chi connectivity index (χ0) is 22.6. The van der Waals surface area contributed by atoms with Gasteiger partial charge >= 0.3 is 0 Å². The highest BCUT2D eigenvalue weighted by Gasteiger charge is 2.17. The van der Waals surface area contributed by atoms with Crippen LogP contribution in [0.5, 0.6) is 0 Å². The summed E-state index contributed by atoms with van der Waals surface area (Å²) in [5.41, 5.74) is 5.84. The Morgan fingerprint density at radius 1 is 0.667 bits per heavy atom. The molecule has 0 bridgehead atoms. The average Bonchev–Trinajstić information content (AvgIpc) is 3.18. The van der Waals surface area contributed by atoms with E-state index in [0.717, 1.165) is 23.2 Å². The van der Waals surface area contributed by atoms with E-state index in [-0.39, 0.29) is 5.91 Å². The summed E-state index contributed by atoms with van der Waals surface area (Å²) in [4.78, 5) is 15.3. The van der Waals surface area contributed by atoms with Gasteiger partial charge in [-0.15, -0.1) is 0 Å². The molecule has 1 aromatic heterocycles. The van der Waals surface area contributed by atoms with Gasteiger partial charge in [0.25, 0.3) is 0 Å². The van der Waals surface area contributed by atoms with Crippen molar-refractivity contribution in [2.24, 2.45) is 0 Å². The molecule has 0 unspecified atom stereocenters. The third kappa shape index (κ3) is 4.40. The Balaban J connectivity index is 1.49. The molecule has 3 heteroatoms. The Morgan fingerprint density at radius 3 is 2.00 bits per heavy atom. The maximum Gasteiger partial charge on any atom is 0.227 e. The van der Waals surface area contributed by atoms with Crippen LogP contribution in [-0.4, -0.2) is 15.4 Å². The SMILES string of the molecule is CCn1c2ccccc2c2cc(CN(Cc3ccccc3)C(=O)Cc3ccccc3)ccc21. The molecule has 0 aliphatic heterocycles. The summed E-state index contributed by atoms with van der Waals surface area (Å²) in [5.74, 6) is 0.140. The molecule has 0 saturated carbocycles. The summed E-state index contributed by atoms with van der Waals surface area (Å²) >= 11 is 0. The molecular weight excluding hydrogens is 404 g/mol. The monoisotopic (exact) mass is 432 g/mol. The van der Waals surface area contributed by atoms with Crippen LogP contribution in [0.2, 0.25) is 0 Å². The minimum Gasteiger partial charge on any atom is -0.341 e. The van der Waals surface area contributed by atoms with Gasteiger partial charge in [-0.05, 0) is 41.8 Å². The molecule has 1 amide bonds. The van der Waals surface area contributed by atoms with E-state index in [2.05, 4.69) is 66.1 Å². The molecule has 4 aromatic carbocycles. The lowest BCUT2D eigenvalue weighted by Crippen LogP contribution is -2.31. The number of rotatable bonds is 7. The number of para-hydroxylation sites is 1. The number of carbonyl (C=O) groups is 1. The number of aromatic nitrogens is 1. The lowest BCUT2D eigenvalue weighted by Gasteiger charge is -2.23. The van der Waals surface area contributed by atoms with Crippen molar-refractivity contribution >= 4 is 27.7 Å². The molecule has 0 fully saturated rings. The number of fused-ring (bicyclic) bond motifs is 3. The maximum atomic E-state index is 13.4. The highest BCUT2D eigenvalue weighted by atomic mass is 16.2. The molecule has 0 spiro atoms. The number of carbonyl (C=O) groups excluding carboxylic acids is 1. The molecule has 0 radical (unpaired) electrons. The van der Waals surface area contributed by atoms with Crippen LogP contribution in [0.1, 0.15) is 23.6 Å². The van der Waals surface area contributed by atoms with E-state index in [9.17, 15) is 4.79 Å². The Morgan fingerprint density at radius 2 is 1.27 bits per heavy atom. The van der Waals surface area contributed by atoms with Gasteiger partial charge < -0.3 is 9.47 Å².